The standard InChI is InChI=1S/C7H12N4O2S/c1-2-11-5(12)3-4(6(11)13)14-7(8)10-9/h4H,2-3,9H2,1H3,(H2,8,10). The van der Waals surface area contributed by atoms with Gasteiger partial charge in [0.15, 0.2) is 5.17 Å². The summed E-state index contributed by atoms with van der Waals surface area (Å²) in [4.78, 5) is 24.0. The van der Waals surface area contributed by atoms with Crippen LogP contribution in [0.4, 0.5) is 0 Å². The van der Waals surface area contributed by atoms with Gasteiger partial charge in [-0.3, -0.25) is 14.5 Å². The van der Waals surface area contributed by atoms with Crippen LogP contribution in [0.25, 0.3) is 0 Å². The monoisotopic (exact) mass is 216 g/mol. The van der Waals surface area contributed by atoms with Crippen LogP contribution in [0.1, 0.15) is 13.3 Å². The fourth-order valence-corrected chi connectivity index (χ4v) is 2.06. The number of carbonyl (C=O) groups is 2. The molecule has 0 aromatic heterocycles. The Hall–Kier alpha value is -1.24. The van der Waals surface area contributed by atoms with Crippen molar-refractivity contribution in [1.29, 1.82) is 0 Å². The van der Waals surface area contributed by atoms with Gasteiger partial charge in [0.05, 0.1) is 0 Å². The lowest BCUT2D eigenvalue weighted by molar-refractivity contribution is -0.137. The first-order chi connectivity index (χ1) is 6.60. The molecule has 0 spiro atoms. The van der Waals surface area contributed by atoms with E-state index < -0.39 is 5.25 Å². The second kappa shape index (κ2) is 4.32. The molecule has 0 bridgehead atoms. The minimum atomic E-state index is -0.463. The highest BCUT2D eigenvalue weighted by molar-refractivity contribution is 8.14. The summed E-state index contributed by atoms with van der Waals surface area (Å²) in [6, 6.07) is 0. The van der Waals surface area contributed by atoms with Crippen LogP contribution in [0.5, 0.6) is 0 Å². The molecule has 0 aromatic carbocycles. The first kappa shape index (κ1) is 10.8. The molecule has 0 radical (unpaired) electrons. The molecule has 0 saturated carbocycles. The number of amides is 2. The number of thioether (sulfide) groups is 1. The second-order valence-corrected chi connectivity index (χ2v) is 3.98. The van der Waals surface area contributed by atoms with Crippen molar-refractivity contribution in [2.45, 2.75) is 18.6 Å². The number of amidine groups is 1. The maximum Gasteiger partial charge on any atom is 0.243 e. The third kappa shape index (κ3) is 1.98. The van der Waals surface area contributed by atoms with E-state index in [0.29, 0.717) is 6.54 Å². The molecule has 0 aromatic rings. The molecule has 6 nitrogen and oxygen atoms in total. The molecule has 1 aliphatic rings. The lowest BCUT2D eigenvalue weighted by Crippen LogP contribution is -2.31. The molecule has 1 rings (SSSR count). The van der Waals surface area contributed by atoms with E-state index >= 15 is 0 Å². The molecule has 1 atom stereocenters. The summed E-state index contributed by atoms with van der Waals surface area (Å²) in [6.07, 6.45) is 0.174. The Morgan fingerprint density at radius 3 is 2.79 bits per heavy atom. The first-order valence-electron chi connectivity index (χ1n) is 4.14. The maximum absolute atomic E-state index is 11.5. The second-order valence-electron chi connectivity index (χ2n) is 2.75. The number of hydrogen-bond donors (Lipinski definition) is 2. The predicted octanol–water partition coefficient (Wildman–Crippen LogP) is -0.945. The smallest absolute Gasteiger partial charge is 0.243 e. The van der Waals surface area contributed by atoms with E-state index in [2.05, 4.69) is 5.10 Å². The van der Waals surface area contributed by atoms with Gasteiger partial charge < -0.3 is 11.6 Å². The molecule has 1 heterocycles. The van der Waals surface area contributed by atoms with Crippen LogP contribution in [-0.2, 0) is 9.59 Å². The van der Waals surface area contributed by atoms with Gasteiger partial charge in [0.2, 0.25) is 11.8 Å². The van der Waals surface area contributed by atoms with Crippen molar-refractivity contribution in [1.82, 2.24) is 4.90 Å². The highest BCUT2D eigenvalue weighted by Crippen LogP contribution is 2.24. The van der Waals surface area contributed by atoms with Gasteiger partial charge >= 0.3 is 0 Å². The molecule has 1 unspecified atom stereocenters. The number of rotatable bonds is 2. The van der Waals surface area contributed by atoms with E-state index in [-0.39, 0.29) is 23.4 Å². The molecular weight excluding hydrogens is 204 g/mol. The van der Waals surface area contributed by atoms with Crippen molar-refractivity contribution in [3.8, 4) is 0 Å². The number of nitrogens with two attached hydrogens (primary N) is 2. The van der Waals surface area contributed by atoms with E-state index in [9.17, 15) is 9.59 Å². The molecule has 4 N–H and O–H groups in total. The minimum absolute atomic E-state index is 0.120. The quantitative estimate of drug-likeness (QED) is 0.204. The normalized spacial score (nSPS) is 23.4. The number of hydrazone groups is 1. The van der Waals surface area contributed by atoms with Gasteiger partial charge in [-0.05, 0) is 6.92 Å². The van der Waals surface area contributed by atoms with Gasteiger partial charge in [-0.25, -0.2) is 0 Å². The van der Waals surface area contributed by atoms with E-state index in [1.54, 1.807) is 6.92 Å². The Balaban J connectivity index is 2.67. The summed E-state index contributed by atoms with van der Waals surface area (Å²) in [6.45, 7) is 2.15. The Kier molecular flexibility index (Phi) is 3.34. The first-order valence-corrected chi connectivity index (χ1v) is 5.02. The Morgan fingerprint density at radius 1 is 1.71 bits per heavy atom. The zero-order valence-corrected chi connectivity index (χ0v) is 8.58. The number of likely N-dealkylation sites (tertiary alicyclic amines) is 1. The number of nitrogens with zero attached hydrogens (tertiary/aromatic N) is 2. The third-order valence-electron chi connectivity index (χ3n) is 1.91. The van der Waals surface area contributed by atoms with Gasteiger partial charge in [0, 0.05) is 13.0 Å². The summed E-state index contributed by atoms with van der Waals surface area (Å²) in [7, 11) is 0. The summed E-state index contributed by atoms with van der Waals surface area (Å²) in [5.41, 5.74) is 5.35. The van der Waals surface area contributed by atoms with Crippen molar-refractivity contribution in [3.05, 3.63) is 0 Å². The van der Waals surface area contributed by atoms with Crippen LogP contribution >= 0.6 is 11.8 Å². The molecule has 1 saturated heterocycles. The molecule has 0 aliphatic carbocycles. The van der Waals surface area contributed by atoms with Crippen LogP contribution in [0, 0.1) is 0 Å². The highest BCUT2D eigenvalue weighted by Gasteiger charge is 2.38. The average Bonchev–Trinajstić information content (AvgIpc) is 2.42. The lowest BCUT2D eigenvalue weighted by Gasteiger charge is -2.10. The van der Waals surface area contributed by atoms with Crippen LogP contribution in [0.3, 0.4) is 0 Å². The summed E-state index contributed by atoms with van der Waals surface area (Å²) < 4.78 is 0. The topological polar surface area (TPSA) is 102 Å². The van der Waals surface area contributed by atoms with Crippen molar-refractivity contribution in [3.63, 3.8) is 0 Å². The van der Waals surface area contributed by atoms with Crippen LogP contribution < -0.4 is 11.6 Å². The lowest BCUT2D eigenvalue weighted by atomic mass is 10.4. The maximum atomic E-state index is 11.5. The van der Waals surface area contributed by atoms with Crippen molar-refractivity contribution < 1.29 is 9.59 Å². The Bertz CT molecular complexity index is 291. The van der Waals surface area contributed by atoms with Gasteiger partial charge in [-0.1, -0.05) is 11.8 Å². The van der Waals surface area contributed by atoms with Gasteiger partial charge in [0.25, 0.3) is 0 Å². The van der Waals surface area contributed by atoms with Gasteiger partial charge in [0.1, 0.15) is 5.25 Å². The van der Waals surface area contributed by atoms with Crippen LogP contribution in [0.15, 0.2) is 5.10 Å². The van der Waals surface area contributed by atoms with Crippen LogP contribution in [-0.4, -0.2) is 33.7 Å². The molecule has 78 valence electrons. The molecular formula is C7H12N4O2S. The molecule has 14 heavy (non-hydrogen) atoms. The van der Waals surface area contributed by atoms with Crippen LogP contribution in [0.2, 0.25) is 0 Å². The van der Waals surface area contributed by atoms with E-state index in [1.807, 2.05) is 0 Å². The Labute approximate surface area is 85.7 Å². The van der Waals surface area contributed by atoms with Crippen molar-refractivity contribution in [2.24, 2.45) is 16.7 Å². The number of carbonyl (C=O) groups excluding carboxylic acids is 2. The van der Waals surface area contributed by atoms with E-state index in [4.69, 9.17) is 11.6 Å². The molecule has 2 amide bonds. The minimum Gasteiger partial charge on any atom is -0.377 e. The number of hydrogen-bond acceptors (Lipinski definition) is 5. The van der Waals surface area contributed by atoms with Crippen molar-refractivity contribution in [2.75, 3.05) is 6.54 Å². The SMILES string of the molecule is CCN1C(=O)CC(S/C(N)=N/N)C1=O. The van der Waals surface area contributed by atoms with E-state index in [0.717, 1.165) is 11.8 Å². The fraction of sp³-hybridized carbons (Fsp3) is 0.571. The van der Waals surface area contributed by atoms with Crippen molar-refractivity contribution >= 4 is 28.7 Å². The number of imide groups is 1. The molecule has 1 aliphatic heterocycles. The zero-order chi connectivity index (χ0) is 10.7. The van der Waals surface area contributed by atoms with Gasteiger partial charge in [-0.15, -0.1) is 0 Å². The highest BCUT2D eigenvalue weighted by atomic mass is 32.2. The fourth-order valence-electron chi connectivity index (χ4n) is 1.25. The molecule has 1 fully saturated rings. The van der Waals surface area contributed by atoms with Gasteiger partial charge in [-0.2, -0.15) is 5.10 Å². The Morgan fingerprint density at radius 2 is 2.36 bits per heavy atom. The average molecular weight is 216 g/mol. The molecule has 7 heteroatoms. The summed E-state index contributed by atoms with van der Waals surface area (Å²) in [5, 5.41) is 2.89. The third-order valence-corrected chi connectivity index (χ3v) is 2.91. The van der Waals surface area contributed by atoms with E-state index in [1.165, 1.54) is 4.90 Å². The summed E-state index contributed by atoms with van der Waals surface area (Å²) >= 11 is 1.03. The largest absolute Gasteiger partial charge is 0.377 e. The zero-order valence-electron chi connectivity index (χ0n) is 7.77. The summed E-state index contributed by atoms with van der Waals surface area (Å²) in [5.74, 6) is 4.55. The predicted molar refractivity (Wildman–Crippen MR) is 54.2 cm³/mol.